The molecule has 18 heteroatoms. The Labute approximate surface area is 225 Å². The van der Waals surface area contributed by atoms with Crippen LogP contribution in [0.5, 0.6) is 5.75 Å². The predicted octanol–water partition coefficient (Wildman–Crippen LogP) is 0.902. The summed E-state index contributed by atoms with van der Waals surface area (Å²) in [7, 11) is 1.19. The van der Waals surface area contributed by atoms with Crippen LogP contribution in [0.15, 0.2) is 40.7 Å². The smallest absolute Gasteiger partial charge is 0.477 e. The number of nitrogens with one attached hydrogen (secondary N) is 2. The van der Waals surface area contributed by atoms with Gasteiger partial charge in [-0.1, -0.05) is 11.3 Å². The number of rotatable bonds is 9. The van der Waals surface area contributed by atoms with E-state index < -0.39 is 53.2 Å². The van der Waals surface area contributed by atoms with Crippen molar-refractivity contribution >= 4 is 53.0 Å². The summed E-state index contributed by atoms with van der Waals surface area (Å²) in [4.78, 5) is 50.2. The number of hydrogen-bond donors (Lipinski definition) is 4. The Kier molecular flexibility index (Phi) is 7.80. The summed E-state index contributed by atoms with van der Waals surface area (Å²) < 4.78 is 46.8. The first kappa shape index (κ1) is 28.2. The van der Waals surface area contributed by atoms with Crippen molar-refractivity contribution in [1.82, 2.24) is 25.6 Å². The third kappa shape index (κ3) is 5.52. The lowest BCUT2D eigenvalue weighted by molar-refractivity contribution is -0.192. The number of aromatic amines is 1. The van der Waals surface area contributed by atoms with Crippen molar-refractivity contribution in [2.45, 2.75) is 28.7 Å². The van der Waals surface area contributed by atoms with Gasteiger partial charge >= 0.3 is 18.1 Å². The molecule has 0 bridgehead atoms. The van der Waals surface area contributed by atoms with E-state index in [1.165, 1.54) is 42.9 Å². The summed E-state index contributed by atoms with van der Waals surface area (Å²) in [5, 5.41) is 22.0. The van der Waals surface area contributed by atoms with Gasteiger partial charge in [0.05, 0.1) is 12.6 Å². The Morgan fingerprint density at radius 1 is 1.38 bits per heavy atom. The highest BCUT2D eigenvalue weighted by Crippen LogP contribution is 2.47. The number of thioether (sulfide) groups is 2. The lowest BCUT2D eigenvalue weighted by atomic mass is 9.97. The van der Waals surface area contributed by atoms with Crippen molar-refractivity contribution in [3.63, 3.8) is 0 Å². The second-order valence-electron chi connectivity index (χ2n) is 8.12. The maximum absolute atomic E-state index is 13.2. The number of β-lactam (4-membered cyclic amide) rings is 1. The molecule has 2 aromatic rings. The first-order valence-electron chi connectivity index (χ1n) is 10.8. The molecule has 39 heavy (non-hydrogen) atoms. The van der Waals surface area contributed by atoms with Crippen molar-refractivity contribution in [2.75, 3.05) is 24.3 Å². The van der Waals surface area contributed by atoms with Gasteiger partial charge in [-0.15, -0.1) is 28.6 Å². The van der Waals surface area contributed by atoms with E-state index in [1.54, 1.807) is 0 Å². The molecule has 3 heterocycles. The first-order chi connectivity index (χ1) is 18.4. The minimum Gasteiger partial charge on any atom is -0.477 e. The van der Waals surface area contributed by atoms with E-state index in [1.807, 2.05) is 0 Å². The molecule has 5 N–H and O–H groups in total. The number of carbonyl (C=O) groups excluding carboxylic acids is 3. The van der Waals surface area contributed by atoms with Crippen LogP contribution < -0.4 is 15.8 Å². The van der Waals surface area contributed by atoms with Crippen LogP contribution in [-0.2, 0) is 30.3 Å². The third-order valence-electron chi connectivity index (χ3n) is 5.66. The number of esters is 1. The highest BCUT2D eigenvalue weighted by Gasteiger charge is 2.66. The van der Waals surface area contributed by atoms with Crippen LogP contribution in [0.1, 0.15) is 5.56 Å². The SMILES string of the molecule is CO[C@@]1(NC(=O)Cc2ccc(OC(=O)C(F)(F)F)cc2N)C(=O)N2C(C(=O)O)=C(CSc3cnn[nH]3)CS[C@H]21. The first-order valence-corrected chi connectivity index (χ1v) is 12.8. The number of amides is 2. The normalized spacial score (nSPS) is 20.8. The van der Waals surface area contributed by atoms with Crippen molar-refractivity contribution in [3.05, 3.63) is 41.2 Å². The van der Waals surface area contributed by atoms with Gasteiger partial charge in [0.15, 0.2) is 0 Å². The minimum absolute atomic E-state index is 0.136. The number of nitrogens with two attached hydrogens (primary N) is 1. The fourth-order valence-electron chi connectivity index (χ4n) is 3.86. The average molecular weight is 589 g/mol. The number of aliphatic carboxylic acids is 1. The van der Waals surface area contributed by atoms with Gasteiger partial charge in [0.1, 0.15) is 21.8 Å². The van der Waals surface area contributed by atoms with Gasteiger partial charge in [-0.3, -0.25) is 19.6 Å². The molecule has 208 valence electrons. The fraction of sp³-hybridized carbons (Fsp3) is 0.333. The second-order valence-corrected chi connectivity index (χ2v) is 10.2. The maximum Gasteiger partial charge on any atom is 0.491 e. The van der Waals surface area contributed by atoms with E-state index >= 15 is 0 Å². The molecule has 13 nitrogen and oxygen atoms in total. The molecule has 0 spiro atoms. The zero-order valence-electron chi connectivity index (χ0n) is 19.8. The molecule has 1 fully saturated rings. The van der Waals surface area contributed by atoms with E-state index in [4.69, 9.17) is 10.5 Å². The standard InChI is InChI=1S/C21H19F3N6O7S2/c1-36-20(27-13(31)4-9-2-3-11(5-12(9)25)37-19(35)21(22,23)24)17(34)30-15(16(32)33)10(8-39-18(20)30)7-38-14-6-26-29-28-14/h2-3,5-6,18H,4,7-8,25H2,1H3,(H,27,31)(H,32,33)(H,26,28,29)/t18-,20-/m0/s1. The topological polar surface area (TPSA) is 190 Å². The summed E-state index contributed by atoms with van der Waals surface area (Å²) in [5.41, 5.74) is 4.26. The summed E-state index contributed by atoms with van der Waals surface area (Å²) in [6.07, 6.45) is -4.13. The maximum atomic E-state index is 13.2. The number of alkyl halides is 3. The molecule has 1 aromatic heterocycles. The zero-order valence-corrected chi connectivity index (χ0v) is 21.4. The summed E-state index contributed by atoms with van der Waals surface area (Å²) in [6, 6.07) is 3.18. The Bertz CT molecular complexity index is 1350. The molecule has 1 aromatic carbocycles. The number of halogens is 3. The fourth-order valence-corrected chi connectivity index (χ4v) is 6.23. The molecular formula is C21H19F3N6O7S2. The van der Waals surface area contributed by atoms with Gasteiger partial charge in [-0.05, 0) is 17.2 Å². The number of ether oxygens (including phenoxy) is 2. The van der Waals surface area contributed by atoms with Gasteiger partial charge in [0, 0.05) is 30.4 Å². The molecular weight excluding hydrogens is 569 g/mol. The number of nitrogen functional groups attached to an aromatic ring is 1. The molecule has 2 atom stereocenters. The number of hydrogen-bond acceptors (Lipinski definition) is 11. The van der Waals surface area contributed by atoms with Gasteiger partial charge < -0.3 is 25.6 Å². The van der Waals surface area contributed by atoms with E-state index in [0.717, 1.165) is 17.0 Å². The molecule has 2 amide bonds. The number of fused-ring (bicyclic) bond motifs is 1. The highest BCUT2D eigenvalue weighted by molar-refractivity contribution is 8.01. The summed E-state index contributed by atoms with van der Waals surface area (Å²) in [6.45, 7) is 0. The van der Waals surface area contributed by atoms with Crippen LogP contribution in [0.2, 0.25) is 0 Å². The Morgan fingerprint density at radius 3 is 2.72 bits per heavy atom. The van der Waals surface area contributed by atoms with Crippen LogP contribution in [0.3, 0.4) is 0 Å². The summed E-state index contributed by atoms with van der Waals surface area (Å²) >= 11 is 2.46. The minimum atomic E-state index is -5.20. The van der Waals surface area contributed by atoms with Crippen LogP contribution in [-0.4, -0.2) is 85.1 Å². The second kappa shape index (κ2) is 10.8. The number of benzene rings is 1. The van der Waals surface area contributed by atoms with E-state index in [9.17, 15) is 37.5 Å². The number of carbonyl (C=O) groups is 4. The van der Waals surface area contributed by atoms with Crippen molar-refractivity contribution in [1.29, 1.82) is 0 Å². The monoisotopic (exact) mass is 588 g/mol. The number of carboxylic acid groups (broad SMARTS) is 1. The van der Waals surface area contributed by atoms with Crippen LogP contribution >= 0.6 is 23.5 Å². The van der Waals surface area contributed by atoms with Gasteiger partial charge in [0.2, 0.25) is 5.91 Å². The van der Waals surface area contributed by atoms with Crippen molar-refractivity contribution in [2.24, 2.45) is 0 Å². The summed E-state index contributed by atoms with van der Waals surface area (Å²) in [5.74, 6) is -5.26. The molecule has 2 aliphatic heterocycles. The molecule has 0 unspecified atom stereocenters. The van der Waals surface area contributed by atoms with Gasteiger partial charge in [0.25, 0.3) is 11.6 Å². The van der Waals surface area contributed by atoms with Gasteiger partial charge in [-0.25, -0.2) is 9.59 Å². The Morgan fingerprint density at radius 2 is 2.13 bits per heavy atom. The quantitative estimate of drug-likeness (QED) is 0.0810. The number of aromatic nitrogens is 3. The Balaban J connectivity index is 1.46. The highest BCUT2D eigenvalue weighted by atomic mass is 32.2. The number of nitrogens with zero attached hydrogens (tertiary/aromatic N) is 3. The van der Waals surface area contributed by atoms with E-state index in [0.29, 0.717) is 10.6 Å². The number of H-pyrrole nitrogens is 1. The van der Waals surface area contributed by atoms with E-state index in [2.05, 4.69) is 25.5 Å². The molecule has 0 aliphatic carbocycles. The average Bonchev–Trinajstić information content (AvgIpc) is 3.40. The lowest BCUT2D eigenvalue weighted by Crippen LogP contribution is -2.80. The van der Waals surface area contributed by atoms with Crippen molar-refractivity contribution < 1.29 is 46.9 Å². The van der Waals surface area contributed by atoms with Crippen LogP contribution in [0.4, 0.5) is 18.9 Å². The number of methoxy groups -OCH3 is 1. The van der Waals surface area contributed by atoms with Crippen LogP contribution in [0, 0.1) is 0 Å². The largest absolute Gasteiger partial charge is 0.491 e. The molecule has 2 aliphatic rings. The lowest BCUT2D eigenvalue weighted by Gasteiger charge is -2.55. The molecule has 4 rings (SSSR count). The van der Waals surface area contributed by atoms with E-state index in [-0.39, 0.29) is 28.5 Å². The number of anilines is 1. The molecule has 0 saturated carbocycles. The number of carboxylic acids is 1. The van der Waals surface area contributed by atoms with Crippen LogP contribution in [0.25, 0.3) is 0 Å². The molecule has 0 radical (unpaired) electrons. The zero-order chi connectivity index (χ0) is 28.5. The third-order valence-corrected chi connectivity index (χ3v) is 8.04. The van der Waals surface area contributed by atoms with Gasteiger partial charge in [-0.2, -0.15) is 13.2 Å². The molecule has 1 saturated heterocycles. The Hall–Kier alpha value is -3.77. The predicted molar refractivity (Wildman–Crippen MR) is 129 cm³/mol. The van der Waals surface area contributed by atoms with Crippen molar-refractivity contribution in [3.8, 4) is 5.75 Å².